The molecule has 4 heteroatoms. The molecule has 0 aliphatic carbocycles. The molecule has 1 heterocycles. The van der Waals surface area contributed by atoms with Gasteiger partial charge in [-0.05, 0) is 24.3 Å². The molecule has 1 aromatic heterocycles. The summed E-state index contributed by atoms with van der Waals surface area (Å²) in [4.78, 5) is 4.30. The van der Waals surface area contributed by atoms with E-state index in [9.17, 15) is 0 Å². The summed E-state index contributed by atoms with van der Waals surface area (Å²) >= 11 is 5.83. The zero-order valence-corrected chi connectivity index (χ0v) is 8.98. The summed E-state index contributed by atoms with van der Waals surface area (Å²) in [6, 6.07) is 7.63. The van der Waals surface area contributed by atoms with Gasteiger partial charge in [-0.25, -0.2) is 4.98 Å². The first-order chi connectivity index (χ1) is 7.31. The lowest BCUT2D eigenvalue weighted by Crippen LogP contribution is -2.10. The van der Waals surface area contributed by atoms with Gasteiger partial charge in [-0.2, -0.15) is 0 Å². The van der Waals surface area contributed by atoms with Crippen LogP contribution in [0.25, 0.3) is 11.4 Å². The molecule has 0 saturated carbocycles. The lowest BCUT2D eigenvalue weighted by atomic mass is 10.2. The quantitative estimate of drug-likeness (QED) is 0.863. The van der Waals surface area contributed by atoms with Crippen LogP contribution in [-0.4, -0.2) is 16.1 Å². The fourth-order valence-electron chi connectivity index (χ4n) is 1.49. The molecular weight excluding hydrogens is 210 g/mol. The molecule has 3 nitrogen and oxygen atoms in total. The Hall–Kier alpha value is -1.32. The Balaban J connectivity index is 2.36. The first-order valence-electron chi connectivity index (χ1n) is 4.78. The Labute approximate surface area is 93.5 Å². The van der Waals surface area contributed by atoms with Gasteiger partial charge in [-0.1, -0.05) is 11.6 Å². The van der Waals surface area contributed by atoms with E-state index >= 15 is 0 Å². The molecule has 0 unspecified atom stereocenters. The summed E-state index contributed by atoms with van der Waals surface area (Å²) in [6.07, 6.45) is 3.70. The second kappa shape index (κ2) is 4.47. The summed E-state index contributed by atoms with van der Waals surface area (Å²) < 4.78 is 2.03. The van der Waals surface area contributed by atoms with Crippen LogP contribution in [0.15, 0.2) is 36.7 Å². The molecule has 0 saturated heterocycles. The average Bonchev–Trinajstić information content (AvgIpc) is 2.68. The molecule has 15 heavy (non-hydrogen) atoms. The van der Waals surface area contributed by atoms with Crippen LogP contribution >= 0.6 is 11.6 Å². The predicted molar refractivity (Wildman–Crippen MR) is 61.7 cm³/mol. The van der Waals surface area contributed by atoms with Gasteiger partial charge >= 0.3 is 0 Å². The van der Waals surface area contributed by atoms with Crippen LogP contribution in [0.4, 0.5) is 0 Å². The highest BCUT2D eigenvalue weighted by Crippen LogP contribution is 2.19. The number of benzene rings is 1. The summed E-state index contributed by atoms with van der Waals surface area (Å²) in [5.41, 5.74) is 6.57. The van der Waals surface area contributed by atoms with E-state index in [1.54, 1.807) is 6.20 Å². The van der Waals surface area contributed by atoms with E-state index in [4.69, 9.17) is 17.3 Å². The van der Waals surface area contributed by atoms with Crippen LogP contribution in [0.2, 0.25) is 5.02 Å². The molecule has 0 atom stereocenters. The van der Waals surface area contributed by atoms with E-state index in [1.165, 1.54) is 0 Å². The third-order valence-corrected chi connectivity index (χ3v) is 2.44. The normalized spacial score (nSPS) is 10.5. The van der Waals surface area contributed by atoms with Crippen molar-refractivity contribution in [2.75, 3.05) is 6.54 Å². The van der Waals surface area contributed by atoms with Crippen molar-refractivity contribution in [1.29, 1.82) is 0 Å². The molecule has 0 spiro atoms. The van der Waals surface area contributed by atoms with Crippen molar-refractivity contribution in [3.8, 4) is 11.4 Å². The second-order valence-corrected chi connectivity index (χ2v) is 3.68. The van der Waals surface area contributed by atoms with Crippen LogP contribution in [0.3, 0.4) is 0 Å². The van der Waals surface area contributed by atoms with E-state index in [1.807, 2.05) is 35.0 Å². The summed E-state index contributed by atoms with van der Waals surface area (Å²) in [7, 11) is 0. The van der Waals surface area contributed by atoms with Crippen LogP contribution in [0.5, 0.6) is 0 Å². The lowest BCUT2D eigenvalue weighted by molar-refractivity contribution is 0.715. The van der Waals surface area contributed by atoms with Crippen molar-refractivity contribution in [1.82, 2.24) is 9.55 Å². The molecule has 0 bridgehead atoms. The lowest BCUT2D eigenvalue weighted by Gasteiger charge is -2.05. The molecule has 0 aliphatic heterocycles. The SMILES string of the molecule is NCCn1ccnc1-c1ccc(Cl)cc1. The average molecular weight is 222 g/mol. The number of rotatable bonds is 3. The Morgan fingerprint density at radius 2 is 2.00 bits per heavy atom. The fraction of sp³-hybridized carbons (Fsp3) is 0.182. The van der Waals surface area contributed by atoms with E-state index in [2.05, 4.69) is 4.98 Å². The predicted octanol–water partition coefficient (Wildman–Crippen LogP) is 2.16. The van der Waals surface area contributed by atoms with Gasteiger partial charge in [0.05, 0.1) is 0 Å². The van der Waals surface area contributed by atoms with Gasteiger partial charge in [0.15, 0.2) is 0 Å². The minimum absolute atomic E-state index is 0.608. The number of nitrogens with zero attached hydrogens (tertiary/aromatic N) is 2. The summed E-state index contributed by atoms with van der Waals surface area (Å²) in [6.45, 7) is 1.38. The van der Waals surface area contributed by atoms with Gasteiger partial charge in [0.1, 0.15) is 5.82 Å². The maximum Gasteiger partial charge on any atom is 0.139 e. The number of halogens is 1. The van der Waals surface area contributed by atoms with E-state index in [0.717, 1.165) is 23.0 Å². The van der Waals surface area contributed by atoms with E-state index in [0.29, 0.717) is 6.54 Å². The molecule has 0 aliphatic rings. The van der Waals surface area contributed by atoms with Gasteiger partial charge in [0.25, 0.3) is 0 Å². The fourth-order valence-corrected chi connectivity index (χ4v) is 1.61. The topological polar surface area (TPSA) is 43.8 Å². The zero-order valence-electron chi connectivity index (χ0n) is 8.23. The van der Waals surface area contributed by atoms with Crippen LogP contribution in [0.1, 0.15) is 0 Å². The minimum atomic E-state index is 0.608. The van der Waals surface area contributed by atoms with Crippen molar-refractivity contribution >= 4 is 11.6 Å². The van der Waals surface area contributed by atoms with E-state index < -0.39 is 0 Å². The Kier molecular flexibility index (Phi) is 3.04. The van der Waals surface area contributed by atoms with Gasteiger partial charge in [0, 0.05) is 36.1 Å². The van der Waals surface area contributed by atoms with Crippen molar-refractivity contribution in [3.05, 3.63) is 41.7 Å². The van der Waals surface area contributed by atoms with Crippen LogP contribution in [-0.2, 0) is 6.54 Å². The first-order valence-corrected chi connectivity index (χ1v) is 5.16. The molecular formula is C11H12ClN3. The zero-order chi connectivity index (χ0) is 10.7. The molecule has 0 radical (unpaired) electrons. The number of aromatic nitrogens is 2. The van der Waals surface area contributed by atoms with Crippen LogP contribution in [0, 0.1) is 0 Å². The number of nitrogens with two attached hydrogens (primary N) is 1. The number of hydrogen-bond acceptors (Lipinski definition) is 2. The molecule has 78 valence electrons. The number of imidazole rings is 1. The van der Waals surface area contributed by atoms with E-state index in [-0.39, 0.29) is 0 Å². The Bertz CT molecular complexity index is 433. The summed E-state index contributed by atoms with van der Waals surface area (Å²) in [5.74, 6) is 0.928. The maximum atomic E-state index is 5.83. The van der Waals surface area contributed by atoms with Crippen molar-refractivity contribution < 1.29 is 0 Å². The standard InChI is InChI=1S/C11H12ClN3/c12-10-3-1-9(2-4-10)11-14-6-8-15(11)7-5-13/h1-4,6,8H,5,7,13H2. The van der Waals surface area contributed by atoms with Gasteiger partial charge in [-0.3, -0.25) is 0 Å². The van der Waals surface area contributed by atoms with Crippen LogP contribution < -0.4 is 5.73 Å². The molecule has 0 amide bonds. The first kappa shape index (κ1) is 10.2. The summed E-state index contributed by atoms with van der Waals surface area (Å²) in [5, 5.41) is 0.732. The smallest absolute Gasteiger partial charge is 0.139 e. The highest BCUT2D eigenvalue weighted by atomic mass is 35.5. The van der Waals surface area contributed by atoms with Crippen molar-refractivity contribution in [2.24, 2.45) is 5.73 Å². The molecule has 1 aromatic carbocycles. The van der Waals surface area contributed by atoms with Crippen molar-refractivity contribution in [2.45, 2.75) is 6.54 Å². The largest absolute Gasteiger partial charge is 0.330 e. The van der Waals surface area contributed by atoms with Gasteiger partial charge in [0.2, 0.25) is 0 Å². The van der Waals surface area contributed by atoms with Gasteiger partial charge in [-0.15, -0.1) is 0 Å². The molecule has 2 aromatic rings. The third kappa shape index (κ3) is 2.19. The van der Waals surface area contributed by atoms with Crippen molar-refractivity contribution in [3.63, 3.8) is 0 Å². The third-order valence-electron chi connectivity index (χ3n) is 2.19. The molecule has 2 N–H and O–H groups in total. The minimum Gasteiger partial charge on any atom is -0.330 e. The maximum absolute atomic E-state index is 5.83. The highest BCUT2D eigenvalue weighted by Gasteiger charge is 2.04. The molecule has 0 fully saturated rings. The highest BCUT2D eigenvalue weighted by molar-refractivity contribution is 6.30. The number of hydrogen-bond donors (Lipinski definition) is 1. The van der Waals surface area contributed by atoms with Gasteiger partial charge < -0.3 is 10.3 Å². The monoisotopic (exact) mass is 221 g/mol. The molecule has 2 rings (SSSR count). The Morgan fingerprint density at radius 1 is 1.27 bits per heavy atom. The second-order valence-electron chi connectivity index (χ2n) is 3.24. The Morgan fingerprint density at radius 3 is 2.67 bits per heavy atom.